The van der Waals surface area contributed by atoms with Gasteiger partial charge in [-0.2, -0.15) is 0 Å². The molecule has 3 heteroatoms. The Balaban J connectivity index is 2.85. The molecule has 1 rings (SSSR count). The van der Waals surface area contributed by atoms with Gasteiger partial charge in [-0.25, -0.2) is 0 Å². The van der Waals surface area contributed by atoms with Gasteiger partial charge in [0.2, 0.25) is 0 Å². The smallest absolute Gasteiger partial charge is 0.0382 e. The summed E-state index contributed by atoms with van der Waals surface area (Å²) in [5, 5.41) is 0. The fraction of sp³-hybridized carbons (Fsp3) is 0.739. The molecule has 0 heterocycles. The van der Waals surface area contributed by atoms with E-state index in [1.165, 1.54) is 61.9 Å². The van der Waals surface area contributed by atoms with Crippen LogP contribution in [0.3, 0.4) is 0 Å². The molecule has 0 saturated heterocycles. The minimum absolute atomic E-state index is 0.260. The Hall–Kier alpha value is -0.280. The standard InChI is InChI=1S/C23H41NS2/c1-7-10-11-12-13-14-15-24(19-23(4,5)26-25-6)22-17-20(8-2)16-21(9-3)18-22/h16-18H,7-15,19H2,1-6H3. The maximum atomic E-state index is 2.65. The first-order valence-corrected chi connectivity index (χ1v) is 13.1. The number of hydrogen-bond donors (Lipinski definition) is 0. The van der Waals surface area contributed by atoms with Crippen molar-refractivity contribution in [1.82, 2.24) is 0 Å². The van der Waals surface area contributed by atoms with Crippen molar-refractivity contribution in [2.75, 3.05) is 24.2 Å². The van der Waals surface area contributed by atoms with Gasteiger partial charge in [-0.15, -0.1) is 0 Å². The van der Waals surface area contributed by atoms with Gasteiger partial charge in [0.25, 0.3) is 0 Å². The second kappa shape index (κ2) is 13.0. The first-order chi connectivity index (χ1) is 12.5. The molecule has 0 aliphatic carbocycles. The van der Waals surface area contributed by atoms with Gasteiger partial charge in [0.05, 0.1) is 0 Å². The summed E-state index contributed by atoms with van der Waals surface area (Å²) < 4.78 is 0.260. The van der Waals surface area contributed by atoms with Crippen LogP contribution >= 0.6 is 21.6 Å². The number of nitrogens with zero attached hydrogens (tertiary/aromatic N) is 1. The molecule has 1 aromatic rings. The lowest BCUT2D eigenvalue weighted by Crippen LogP contribution is -2.37. The summed E-state index contributed by atoms with van der Waals surface area (Å²) >= 11 is 0. The number of aryl methyl sites for hydroxylation is 2. The van der Waals surface area contributed by atoms with Crippen LogP contribution in [-0.2, 0) is 12.8 Å². The van der Waals surface area contributed by atoms with Gasteiger partial charge in [-0.1, -0.05) is 80.5 Å². The quantitative estimate of drug-likeness (QED) is 0.234. The van der Waals surface area contributed by atoms with Gasteiger partial charge in [0.1, 0.15) is 0 Å². The van der Waals surface area contributed by atoms with Crippen LogP contribution < -0.4 is 4.90 Å². The van der Waals surface area contributed by atoms with Gasteiger partial charge in [-0.3, -0.25) is 0 Å². The highest BCUT2D eigenvalue weighted by atomic mass is 33.1. The molecule has 0 spiro atoms. The highest BCUT2D eigenvalue weighted by Gasteiger charge is 2.23. The molecule has 150 valence electrons. The van der Waals surface area contributed by atoms with Gasteiger partial charge >= 0.3 is 0 Å². The molecule has 0 N–H and O–H groups in total. The maximum Gasteiger partial charge on any atom is 0.0382 e. The molecule has 0 atom stereocenters. The normalized spacial score (nSPS) is 11.8. The second-order valence-corrected chi connectivity index (χ2v) is 11.0. The number of unbranched alkanes of at least 4 members (excludes halogenated alkanes) is 5. The van der Waals surface area contributed by atoms with E-state index in [0.717, 1.165) is 19.4 Å². The zero-order valence-electron chi connectivity index (χ0n) is 18.1. The van der Waals surface area contributed by atoms with Crippen LogP contribution in [0.4, 0.5) is 5.69 Å². The molecule has 0 saturated carbocycles. The molecular formula is C23H41NS2. The van der Waals surface area contributed by atoms with Crippen molar-refractivity contribution in [3.63, 3.8) is 0 Å². The number of rotatable bonds is 14. The molecule has 0 bridgehead atoms. The van der Waals surface area contributed by atoms with Gasteiger partial charge < -0.3 is 4.90 Å². The topological polar surface area (TPSA) is 3.24 Å². The summed E-state index contributed by atoms with van der Waals surface area (Å²) in [4.78, 5) is 2.65. The highest BCUT2D eigenvalue weighted by molar-refractivity contribution is 8.77. The predicted molar refractivity (Wildman–Crippen MR) is 126 cm³/mol. The summed E-state index contributed by atoms with van der Waals surface area (Å²) in [6.45, 7) is 13.9. The average molecular weight is 396 g/mol. The molecule has 0 fully saturated rings. The fourth-order valence-corrected chi connectivity index (χ4v) is 5.60. The third-order valence-corrected chi connectivity index (χ3v) is 7.48. The van der Waals surface area contributed by atoms with E-state index in [2.05, 4.69) is 64.0 Å². The minimum atomic E-state index is 0.260. The van der Waals surface area contributed by atoms with E-state index in [-0.39, 0.29) is 4.75 Å². The van der Waals surface area contributed by atoms with Crippen molar-refractivity contribution >= 4 is 27.3 Å². The van der Waals surface area contributed by atoms with Crippen molar-refractivity contribution in [1.29, 1.82) is 0 Å². The van der Waals surface area contributed by atoms with Crippen LogP contribution in [0.2, 0.25) is 0 Å². The molecule has 1 nitrogen and oxygen atoms in total. The van der Waals surface area contributed by atoms with Crippen LogP contribution in [-0.4, -0.2) is 24.1 Å². The lowest BCUT2D eigenvalue weighted by Gasteiger charge is -2.34. The van der Waals surface area contributed by atoms with Crippen LogP contribution in [0.5, 0.6) is 0 Å². The van der Waals surface area contributed by atoms with Crippen molar-refractivity contribution in [2.45, 2.75) is 90.7 Å². The van der Waals surface area contributed by atoms with Gasteiger partial charge in [-0.05, 0) is 62.6 Å². The van der Waals surface area contributed by atoms with Crippen molar-refractivity contribution < 1.29 is 0 Å². The summed E-state index contributed by atoms with van der Waals surface area (Å²) in [7, 11) is 3.89. The molecule has 0 amide bonds. The first kappa shape index (κ1) is 23.8. The summed E-state index contributed by atoms with van der Waals surface area (Å²) in [6.07, 6.45) is 12.6. The lowest BCUT2D eigenvalue weighted by atomic mass is 10.0. The maximum absolute atomic E-state index is 2.65. The molecule has 0 aromatic heterocycles. The van der Waals surface area contributed by atoms with E-state index >= 15 is 0 Å². The lowest BCUT2D eigenvalue weighted by molar-refractivity contribution is 0.583. The largest absolute Gasteiger partial charge is 0.370 e. The second-order valence-electron chi connectivity index (χ2n) is 7.91. The van der Waals surface area contributed by atoms with Crippen LogP contribution in [0, 0.1) is 0 Å². The Labute approximate surface area is 171 Å². The molecule has 0 aliphatic rings. The highest BCUT2D eigenvalue weighted by Crippen LogP contribution is 2.35. The fourth-order valence-electron chi connectivity index (χ4n) is 3.43. The average Bonchev–Trinajstić information content (AvgIpc) is 2.62. The Bertz CT molecular complexity index is 477. The number of anilines is 1. The number of benzene rings is 1. The SMILES string of the molecule is CCCCCCCCN(CC(C)(C)SSC)c1cc(CC)cc(CC)c1. The molecule has 0 aliphatic heterocycles. The van der Waals surface area contributed by atoms with Crippen LogP contribution in [0.15, 0.2) is 18.2 Å². The summed E-state index contributed by atoms with van der Waals surface area (Å²) in [5.41, 5.74) is 4.38. The van der Waals surface area contributed by atoms with Crippen molar-refractivity contribution in [3.8, 4) is 0 Å². The number of hydrogen-bond acceptors (Lipinski definition) is 3. The van der Waals surface area contributed by atoms with E-state index in [1.54, 1.807) is 0 Å². The van der Waals surface area contributed by atoms with Gasteiger partial charge in [0, 0.05) is 23.5 Å². The summed E-state index contributed by atoms with van der Waals surface area (Å²) in [5.74, 6) is 0. The zero-order chi connectivity index (χ0) is 19.4. The van der Waals surface area contributed by atoms with Crippen LogP contribution in [0.25, 0.3) is 0 Å². The molecule has 0 unspecified atom stereocenters. The van der Waals surface area contributed by atoms with E-state index in [9.17, 15) is 0 Å². The minimum Gasteiger partial charge on any atom is -0.370 e. The molecule has 0 radical (unpaired) electrons. The first-order valence-electron chi connectivity index (χ1n) is 10.5. The zero-order valence-corrected chi connectivity index (χ0v) is 19.7. The van der Waals surface area contributed by atoms with Crippen LogP contribution in [0.1, 0.15) is 84.3 Å². The Morgan fingerprint density at radius 3 is 1.96 bits per heavy atom. The van der Waals surface area contributed by atoms with Gasteiger partial charge in [0.15, 0.2) is 0 Å². The van der Waals surface area contributed by atoms with E-state index in [1.807, 2.05) is 21.6 Å². The van der Waals surface area contributed by atoms with E-state index in [0.29, 0.717) is 0 Å². The van der Waals surface area contributed by atoms with Crippen molar-refractivity contribution in [2.24, 2.45) is 0 Å². The molecular weight excluding hydrogens is 354 g/mol. The van der Waals surface area contributed by atoms with E-state index < -0.39 is 0 Å². The third kappa shape index (κ3) is 9.08. The summed E-state index contributed by atoms with van der Waals surface area (Å²) in [6, 6.07) is 7.24. The molecule has 1 aromatic carbocycles. The van der Waals surface area contributed by atoms with E-state index in [4.69, 9.17) is 0 Å². The Morgan fingerprint density at radius 1 is 0.846 bits per heavy atom. The Kier molecular flexibility index (Phi) is 11.9. The third-order valence-electron chi connectivity index (χ3n) is 4.88. The predicted octanol–water partition coefficient (Wildman–Crippen LogP) is 7.77. The molecule has 26 heavy (non-hydrogen) atoms. The Morgan fingerprint density at radius 2 is 1.42 bits per heavy atom. The van der Waals surface area contributed by atoms with Crippen molar-refractivity contribution in [3.05, 3.63) is 29.3 Å². The monoisotopic (exact) mass is 395 g/mol.